The first-order valence-electron chi connectivity index (χ1n) is 5.46. The SMILES string of the molecule is C=CCN1CCc2cc([C@H](C)N)ccc21. The second-order valence-corrected chi connectivity index (χ2v) is 4.16. The van der Waals surface area contributed by atoms with E-state index in [0.29, 0.717) is 0 Å². The Bertz CT molecular complexity index is 369. The van der Waals surface area contributed by atoms with Crippen molar-refractivity contribution >= 4 is 5.69 Å². The highest BCUT2D eigenvalue weighted by Gasteiger charge is 2.18. The van der Waals surface area contributed by atoms with Crippen LogP contribution in [0.25, 0.3) is 0 Å². The number of anilines is 1. The minimum atomic E-state index is 0.128. The zero-order chi connectivity index (χ0) is 10.8. The van der Waals surface area contributed by atoms with Gasteiger partial charge in [-0.2, -0.15) is 0 Å². The Hall–Kier alpha value is -1.28. The van der Waals surface area contributed by atoms with Gasteiger partial charge in [-0.25, -0.2) is 0 Å². The number of nitrogens with zero attached hydrogens (tertiary/aromatic N) is 1. The molecule has 2 heteroatoms. The van der Waals surface area contributed by atoms with E-state index in [0.717, 1.165) is 19.5 Å². The average Bonchev–Trinajstić information content (AvgIpc) is 2.61. The third-order valence-electron chi connectivity index (χ3n) is 2.97. The Balaban J connectivity index is 2.29. The molecule has 1 heterocycles. The highest BCUT2D eigenvalue weighted by atomic mass is 15.1. The summed E-state index contributed by atoms with van der Waals surface area (Å²) in [5, 5.41) is 0. The van der Waals surface area contributed by atoms with E-state index in [1.54, 1.807) is 0 Å². The molecule has 0 fully saturated rings. The molecule has 0 saturated heterocycles. The lowest BCUT2D eigenvalue weighted by Crippen LogP contribution is -2.19. The summed E-state index contributed by atoms with van der Waals surface area (Å²) in [6.07, 6.45) is 3.08. The van der Waals surface area contributed by atoms with E-state index in [-0.39, 0.29) is 6.04 Å². The van der Waals surface area contributed by atoms with Crippen LogP contribution in [-0.4, -0.2) is 13.1 Å². The molecule has 0 bridgehead atoms. The molecule has 0 unspecified atom stereocenters. The molecule has 15 heavy (non-hydrogen) atoms. The van der Waals surface area contributed by atoms with E-state index in [9.17, 15) is 0 Å². The summed E-state index contributed by atoms with van der Waals surface area (Å²) in [5.41, 5.74) is 9.87. The number of hydrogen-bond acceptors (Lipinski definition) is 2. The Kier molecular flexibility index (Phi) is 2.78. The van der Waals surface area contributed by atoms with Gasteiger partial charge in [0, 0.05) is 24.8 Å². The molecule has 1 aliphatic heterocycles. The Labute approximate surface area is 91.4 Å². The molecule has 0 spiro atoms. The van der Waals surface area contributed by atoms with Crippen molar-refractivity contribution in [2.75, 3.05) is 18.0 Å². The van der Waals surface area contributed by atoms with Crippen LogP contribution < -0.4 is 10.6 Å². The fourth-order valence-corrected chi connectivity index (χ4v) is 2.12. The lowest BCUT2D eigenvalue weighted by molar-refractivity contribution is 0.816. The number of hydrogen-bond donors (Lipinski definition) is 1. The molecule has 0 amide bonds. The van der Waals surface area contributed by atoms with E-state index < -0.39 is 0 Å². The number of rotatable bonds is 3. The van der Waals surface area contributed by atoms with E-state index in [1.165, 1.54) is 16.8 Å². The van der Waals surface area contributed by atoms with Gasteiger partial charge in [-0.1, -0.05) is 18.2 Å². The van der Waals surface area contributed by atoms with Gasteiger partial charge in [-0.3, -0.25) is 0 Å². The van der Waals surface area contributed by atoms with E-state index >= 15 is 0 Å². The largest absolute Gasteiger partial charge is 0.367 e. The first-order chi connectivity index (χ1) is 7.22. The van der Waals surface area contributed by atoms with Crippen LogP contribution in [0.5, 0.6) is 0 Å². The molecule has 2 N–H and O–H groups in total. The van der Waals surface area contributed by atoms with Crippen LogP contribution in [0.4, 0.5) is 5.69 Å². The molecule has 1 aromatic carbocycles. The van der Waals surface area contributed by atoms with Gasteiger partial charge in [0.15, 0.2) is 0 Å². The van der Waals surface area contributed by atoms with Crippen molar-refractivity contribution in [3.8, 4) is 0 Å². The molecule has 1 atom stereocenters. The molecule has 80 valence electrons. The molecular weight excluding hydrogens is 184 g/mol. The molecule has 1 aromatic rings. The lowest BCUT2D eigenvalue weighted by Gasteiger charge is -2.17. The standard InChI is InChI=1S/C13H18N2/c1-3-7-15-8-6-12-9-11(10(2)14)4-5-13(12)15/h3-5,9-10H,1,6-8,14H2,2H3/t10-/m0/s1. The van der Waals surface area contributed by atoms with Gasteiger partial charge in [0.2, 0.25) is 0 Å². The first-order valence-corrected chi connectivity index (χ1v) is 5.46. The highest BCUT2D eigenvalue weighted by Crippen LogP contribution is 2.29. The van der Waals surface area contributed by atoms with Gasteiger partial charge >= 0.3 is 0 Å². The van der Waals surface area contributed by atoms with Gasteiger partial charge in [0.25, 0.3) is 0 Å². The van der Waals surface area contributed by atoms with Crippen molar-refractivity contribution in [3.05, 3.63) is 42.0 Å². The molecule has 0 aliphatic carbocycles. The molecule has 2 rings (SSSR count). The van der Waals surface area contributed by atoms with Gasteiger partial charge in [-0.15, -0.1) is 6.58 Å². The number of benzene rings is 1. The van der Waals surface area contributed by atoms with Crippen molar-refractivity contribution in [1.29, 1.82) is 0 Å². The lowest BCUT2D eigenvalue weighted by atomic mass is 10.0. The Morgan fingerprint density at radius 2 is 2.40 bits per heavy atom. The Morgan fingerprint density at radius 3 is 3.07 bits per heavy atom. The highest BCUT2D eigenvalue weighted by molar-refractivity contribution is 5.59. The summed E-state index contributed by atoms with van der Waals surface area (Å²) < 4.78 is 0. The molecule has 2 nitrogen and oxygen atoms in total. The van der Waals surface area contributed by atoms with Crippen LogP contribution in [0.3, 0.4) is 0 Å². The van der Waals surface area contributed by atoms with Crippen molar-refractivity contribution in [1.82, 2.24) is 0 Å². The van der Waals surface area contributed by atoms with Gasteiger partial charge < -0.3 is 10.6 Å². The van der Waals surface area contributed by atoms with Crippen LogP contribution in [-0.2, 0) is 6.42 Å². The van der Waals surface area contributed by atoms with Crippen molar-refractivity contribution in [3.63, 3.8) is 0 Å². The van der Waals surface area contributed by atoms with Crippen LogP contribution >= 0.6 is 0 Å². The fraction of sp³-hybridized carbons (Fsp3) is 0.385. The molecule has 1 aliphatic rings. The first kappa shape index (κ1) is 10.2. The van der Waals surface area contributed by atoms with Crippen molar-refractivity contribution in [2.45, 2.75) is 19.4 Å². The van der Waals surface area contributed by atoms with E-state index in [4.69, 9.17) is 5.73 Å². The maximum absolute atomic E-state index is 5.87. The summed E-state index contributed by atoms with van der Waals surface area (Å²) in [6, 6.07) is 6.68. The van der Waals surface area contributed by atoms with Crippen LogP contribution in [0.15, 0.2) is 30.9 Å². The van der Waals surface area contributed by atoms with Crippen LogP contribution in [0, 0.1) is 0 Å². The molecule has 0 radical (unpaired) electrons. The molecule has 0 aromatic heterocycles. The maximum atomic E-state index is 5.87. The third-order valence-corrected chi connectivity index (χ3v) is 2.97. The monoisotopic (exact) mass is 202 g/mol. The number of fused-ring (bicyclic) bond motifs is 1. The van der Waals surface area contributed by atoms with Gasteiger partial charge in [-0.05, 0) is 30.5 Å². The summed E-state index contributed by atoms with van der Waals surface area (Å²) in [7, 11) is 0. The third kappa shape index (κ3) is 1.90. The number of nitrogens with two attached hydrogens (primary N) is 1. The topological polar surface area (TPSA) is 29.3 Å². The summed E-state index contributed by atoms with van der Waals surface area (Å²) in [5.74, 6) is 0. The van der Waals surface area contributed by atoms with Crippen molar-refractivity contribution in [2.24, 2.45) is 5.73 Å². The zero-order valence-electron chi connectivity index (χ0n) is 9.24. The van der Waals surface area contributed by atoms with Crippen LogP contribution in [0.1, 0.15) is 24.1 Å². The van der Waals surface area contributed by atoms with Crippen molar-refractivity contribution < 1.29 is 0 Å². The smallest absolute Gasteiger partial charge is 0.0402 e. The van der Waals surface area contributed by atoms with E-state index in [1.807, 2.05) is 13.0 Å². The normalized spacial score (nSPS) is 16.3. The summed E-state index contributed by atoms with van der Waals surface area (Å²) in [4.78, 5) is 2.35. The summed E-state index contributed by atoms with van der Waals surface area (Å²) in [6.45, 7) is 7.84. The second kappa shape index (κ2) is 4.07. The summed E-state index contributed by atoms with van der Waals surface area (Å²) >= 11 is 0. The molecule has 0 saturated carbocycles. The van der Waals surface area contributed by atoms with Gasteiger partial charge in [0.05, 0.1) is 0 Å². The van der Waals surface area contributed by atoms with Crippen LogP contribution in [0.2, 0.25) is 0 Å². The zero-order valence-corrected chi connectivity index (χ0v) is 9.24. The second-order valence-electron chi connectivity index (χ2n) is 4.16. The molecular formula is C13H18N2. The van der Waals surface area contributed by atoms with E-state index in [2.05, 4.69) is 29.7 Å². The minimum Gasteiger partial charge on any atom is -0.367 e. The Morgan fingerprint density at radius 1 is 1.60 bits per heavy atom. The fourth-order valence-electron chi connectivity index (χ4n) is 2.12. The average molecular weight is 202 g/mol. The quantitative estimate of drug-likeness (QED) is 0.762. The van der Waals surface area contributed by atoms with Gasteiger partial charge in [0.1, 0.15) is 0 Å². The predicted octanol–water partition coefficient (Wildman–Crippen LogP) is 2.25. The predicted molar refractivity (Wildman–Crippen MR) is 65.2 cm³/mol. The minimum absolute atomic E-state index is 0.128. The maximum Gasteiger partial charge on any atom is 0.0402 e.